The molecular weight excluding hydrogens is 221 g/mol. The van der Waals surface area contributed by atoms with Crippen molar-refractivity contribution in [1.29, 1.82) is 5.26 Å². The van der Waals surface area contributed by atoms with Crippen LogP contribution in [0.25, 0.3) is 11.3 Å². The lowest BCUT2D eigenvalue weighted by Crippen LogP contribution is -1.90. The van der Waals surface area contributed by atoms with Crippen LogP contribution in [0.15, 0.2) is 28.7 Å². The quantitative estimate of drug-likeness (QED) is 0.743. The third-order valence-corrected chi connectivity index (χ3v) is 2.42. The summed E-state index contributed by atoms with van der Waals surface area (Å²) in [6.45, 7) is 1.65. The highest BCUT2D eigenvalue weighted by Gasteiger charge is 2.13. The first kappa shape index (κ1) is 11.1. The average molecular weight is 229 g/mol. The van der Waals surface area contributed by atoms with Crippen LogP contribution in [0, 0.1) is 24.1 Å². The van der Waals surface area contributed by atoms with Gasteiger partial charge in [0, 0.05) is 5.56 Å². The minimum atomic E-state index is -0.444. The Balaban J connectivity index is 2.66. The highest BCUT2D eigenvalue weighted by molar-refractivity contribution is 5.74. The van der Waals surface area contributed by atoms with Crippen LogP contribution in [-0.2, 0) is 0 Å². The molecule has 17 heavy (non-hydrogen) atoms. The van der Waals surface area contributed by atoms with Crippen molar-refractivity contribution in [3.63, 3.8) is 0 Å². The zero-order valence-electron chi connectivity index (χ0n) is 9.03. The fourth-order valence-corrected chi connectivity index (χ4v) is 1.65. The molecule has 2 aromatic rings. The molecule has 0 saturated heterocycles. The van der Waals surface area contributed by atoms with Crippen LogP contribution < -0.4 is 0 Å². The Bertz CT molecular complexity index is 623. The summed E-state index contributed by atoms with van der Waals surface area (Å²) in [5.74, 6) is 0.0117. The van der Waals surface area contributed by atoms with Gasteiger partial charge in [-0.3, -0.25) is 4.79 Å². The molecule has 0 N–H and O–H groups in total. The molecule has 0 aliphatic rings. The fraction of sp³-hybridized carbons (Fsp3) is 0.0769. The molecule has 0 saturated carbocycles. The Morgan fingerprint density at radius 3 is 2.76 bits per heavy atom. The lowest BCUT2D eigenvalue weighted by Gasteiger charge is -2.04. The number of carbonyl (C=O) groups is 1. The number of rotatable bonds is 2. The number of nitriles is 1. The predicted molar refractivity (Wildman–Crippen MR) is 58.9 cm³/mol. The van der Waals surface area contributed by atoms with Gasteiger partial charge in [0.15, 0.2) is 12.0 Å². The van der Waals surface area contributed by atoms with E-state index in [4.69, 9.17) is 9.68 Å². The molecule has 1 heterocycles. The molecule has 2 rings (SSSR count). The van der Waals surface area contributed by atoms with Crippen molar-refractivity contribution in [3.8, 4) is 17.4 Å². The molecule has 3 nitrogen and oxygen atoms in total. The van der Waals surface area contributed by atoms with Crippen LogP contribution in [0.1, 0.15) is 21.7 Å². The Morgan fingerprint density at radius 1 is 1.41 bits per heavy atom. The number of aryl methyl sites for hydroxylation is 1. The van der Waals surface area contributed by atoms with Gasteiger partial charge in [0.1, 0.15) is 17.6 Å². The Morgan fingerprint density at radius 2 is 2.18 bits per heavy atom. The van der Waals surface area contributed by atoms with Gasteiger partial charge in [-0.25, -0.2) is 4.39 Å². The number of carbonyl (C=O) groups excluding carboxylic acids is 1. The second kappa shape index (κ2) is 4.22. The number of furan rings is 1. The van der Waals surface area contributed by atoms with Crippen molar-refractivity contribution in [3.05, 3.63) is 47.0 Å². The third-order valence-electron chi connectivity index (χ3n) is 2.42. The van der Waals surface area contributed by atoms with Crippen LogP contribution in [0.2, 0.25) is 0 Å². The molecule has 0 fully saturated rings. The molecule has 0 amide bonds. The summed E-state index contributed by atoms with van der Waals surface area (Å²) in [7, 11) is 0. The highest BCUT2D eigenvalue weighted by atomic mass is 19.1. The summed E-state index contributed by atoms with van der Waals surface area (Å²) in [6.07, 6.45) is 0.557. The average Bonchev–Trinajstić information content (AvgIpc) is 2.76. The van der Waals surface area contributed by atoms with Crippen LogP contribution in [0.4, 0.5) is 4.39 Å². The summed E-state index contributed by atoms with van der Waals surface area (Å²) >= 11 is 0. The summed E-state index contributed by atoms with van der Waals surface area (Å²) < 4.78 is 18.5. The first-order valence-electron chi connectivity index (χ1n) is 4.91. The van der Waals surface area contributed by atoms with Crippen molar-refractivity contribution in [1.82, 2.24) is 0 Å². The van der Waals surface area contributed by atoms with E-state index in [2.05, 4.69) is 0 Å². The van der Waals surface area contributed by atoms with E-state index in [1.165, 1.54) is 18.2 Å². The normalized spacial score (nSPS) is 9.94. The molecule has 0 spiro atoms. The maximum absolute atomic E-state index is 13.3. The van der Waals surface area contributed by atoms with Gasteiger partial charge in [0.2, 0.25) is 0 Å². The molecule has 0 unspecified atom stereocenters. The highest BCUT2D eigenvalue weighted by Crippen LogP contribution is 2.28. The smallest absolute Gasteiger partial charge is 0.185 e. The summed E-state index contributed by atoms with van der Waals surface area (Å²) in [5.41, 5.74) is 1.24. The van der Waals surface area contributed by atoms with Crippen LogP contribution in [-0.4, -0.2) is 6.29 Å². The SMILES string of the molecule is Cc1cc(F)cc(-c2ccc(C=O)o2)c1C#N. The molecule has 0 atom stereocenters. The second-order valence-electron chi connectivity index (χ2n) is 3.58. The molecule has 1 aromatic carbocycles. The lowest BCUT2D eigenvalue weighted by molar-refractivity contribution is 0.110. The van der Waals surface area contributed by atoms with Gasteiger partial charge in [-0.1, -0.05) is 0 Å². The largest absolute Gasteiger partial charge is 0.453 e. The van der Waals surface area contributed by atoms with E-state index in [0.29, 0.717) is 28.7 Å². The fourth-order valence-electron chi connectivity index (χ4n) is 1.65. The van der Waals surface area contributed by atoms with Crippen molar-refractivity contribution < 1.29 is 13.6 Å². The van der Waals surface area contributed by atoms with Gasteiger partial charge >= 0.3 is 0 Å². The number of benzene rings is 1. The minimum absolute atomic E-state index is 0.144. The van der Waals surface area contributed by atoms with E-state index in [-0.39, 0.29) is 5.76 Å². The first-order chi connectivity index (χ1) is 8.15. The number of aldehydes is 1. The number of hydrogen-bond acceptors (Lipinski definition) is 3. The molecular formula is C13H8FNO2. The van der Waals surface area contributed by atoms with E-state index in [9.17, 15) is 9.18 Å². The summed E-state index contributed by atoms with van der Waals surface area (Å²) in [6, 6.07) is 7.52. The van der Waals surface area contributed by atoms with Gasteiger partial charge in [-0.05, 0) is 36.8 Å². The Kier molecular flexibility index (Phi) is 2.75. The summed E-state index contributed by atoms with van der Waals surface area (Å²) in [4.78, 5) is 10.5. The molecule has 1 aromatic heterocycles. The zero-order valence-corrected chi connectivity index (χ0v) is 9.03. The van der Waals surface area contributed by atoms with Crippen molar-refractivity contribution in [2.75, 3.05) is 0 Å². The standard InChI is InChI=1S/C13H8FNO2/c1-8-4-9(14)5-11(12(8)6-15)13-3-2-10(7-16)17-13/h2-5,7H,1H3. The van der Waals surface area contributed by atoms with Gasteiger partial charge < -0.3 is 4.42 Å². The van der Waals surface area contributed by atoms with Crippen molar-refractivity contribution in [2.24, 2.45) is 0 Å². The van der Waals surface area contributed by atoms with Gasteiger partial charge in [-0.15, -0.1) is 0 Å². The lowest BCUT2D eigenvalue weighted by atomic mass is 10.0. The maximum atomic E-state index is 13.3. The molecule has 0 aliphatic heterocycles. The minimum Gasteiger partial charge on any atom is -0.453 e. The Labute approximate surface area is 97.1 Å². The van der Waals surface area contributed by atoms with E-state index < -0.39 is 5.82 Å². The molecule has 4 heteroatoms. The first-order valence-corrected chi connectivity index (χ1v) is 4.91. The molecule has 84 valence electrons. The zero-order chi connectivity index (χ0) is 12.4. The number of halogens is 1. The van der Waals surface area contributed by atoms with Crippen LogP contribution in [0.3, 0.4) is 0 Å². The van der Waals surface area contributed by atoms with Crippen molar-refractivity contribution >= 4 is 6.29 Å². The predicted octanol–water partition coefficient (Wildman–Crippen LogP) is 3.08. The third kappa shape index (κ3) is 1.95. The molecule has 0 aliphatic carbocycles. The Hall–Kier alpha value is -2.41. The summed E-state index contributed by atoms with van der Waals surface area (Å²) in [5, 5.41) is 9.03. The topological polar surface area (TPSA) is 54.0 Å². The van der Waals surface area contributed by atoms with E-state index >= 15 is 0 Å². The van der Waals surface area contributed by atoms with Crippen LogP contribution >= 0.6 is 0 Å². The number of nitrogens with zero attached hydrogens (tertiary/aromatic N) is 1. The maximum Gasteiger partial charge on any atom is 0.185 e. The van der Waals surface area contributed by atoms with E-state index in [1.807, 2.05) is 6.07 Å². The molecule has 0 bridgehead atoms. The van der Waals surface area contributed by atoms with E-state index in [1.54, 1.807) is 13.0 Å². The van der Waals surface area contributed by atoms with Crippen molar-refractivity contribution in [2.45, 2.75) is 6.92 Å². The van der Waals surface area contributed by atoms with Gasteiger partial charge in [0.25, 0.3) is 0 Å². The van der Waals surface area contributed by atoms with Gasteiger partial charge in [-0.2, -0.15) is 5.26 Å². The number of hydrogen-bond donors (Lipinski definition) is 0. The molecule has 0 radical (unpaired) electrons. The van der Waals surface area contributed by atoms with Crippen LogP contribution in [0.5, 0.6) is 0 Å². The monoisotopic (exact) mass is 229 g/mol. The second-order valence-corrected chi connectivity index (χ2v) is 3.58. The van der Waals surface area contributed by atoms with E-state index in [0.717, 1.165) is 0 Å². The van der Waals surface area contributed by atoms with Gasteiger partial charge in [0.05, 0.1) is 5.56 Å².